The van der Waals surface area contributed by atoms with Gasteiger partial charge in [0.25, 0.3) is 0 Å². The number of rotatable bonds is 11. The van der Waals surface area contributed by atoms with Crippen LogP contribution in [0.1, 0.15) is 113 Å². The average Bonchev–Trinajstić information content (AvgIpc) is 3.37. The first-order valence-corrected chi connectivity index (χ1v) is 27.1. The lowest BCUT2D eigenvalue weighted by Gasteiger charge is -2.71. The van der Waals surface area contributed by atoms with Gasteiger partial charge in [-0.25, -0.2) is 0 Å². The van der Waals surface area contributed by atoms with E-state index >= 15 is 4.79 Å². The summed E-state index contributed by atoms with van der Waals surface area (Å²) in [5, 5.41) is 127. The molecule has 4 saturated heterocycles. The first-order chi connectivity index (χ1) is 35.1. The summed E-state index contributed by atoms with van der Waals surface area (Å²) in [6.07, 6.45) is -20.6. The Kier molecular flexibility index (Phi) is 16.1. The molecule has 0 amide bonds. The van der Waals surface area contributed by atoms with E-state index in [1.54, 1.807) is 0 Å². The fourth-order valence-electron chi connectivity index (χ4n) is 15.9. The maximum Gasteiger partial charge on any atom is 0.315 e. The molecule has 4 aliphatic heterocycles. The zero-order valence-electron chi connectivity index (χ0n) is 44.1. The van der Waals surface area contributed by atoms with Crippen LogP contribution in [0.3, 0.4) is 0 Å². The molecule has 9 rings (SSSR count). The molecule has 0 bridgehead atoms. The Hall–Kier alpha value is -1.88. The first-order valence-electron chi connectivity index (χ1n) is 27.1. The van der Waals surface area contributed by atoms with E-state index in [4.69, 9.17) is 37.9 Å². The molecule has 0 aromatic heterocycles. The van der Waals surface area contributed by atoms with Crippen LogP contribution in [-0.2, 0) is 47.5 Å². The number of carbonyl (C=O) groups is 2. The number of carbonyl (C=O) groups excluding carboxylic acids is 2. The molecule has 5 aliphatic carbocycles. The van der Waals surface area contributed by atoms with Gasteiger partial charge in [-0.05, 0) is 111 Å². The van der Waals surface area contributed by atoms with Crippen LogP contribution in [-0.4, -0.2) is 216 Å². The third-order valence-corrected chi connectivity index (χ3v) is 20.9. The van der Waals surface area contributed by atoms with Gasteiger partial charge in [0.05, 0.1) is 42.9 Å². The quantitative estimate of drug-likeness (QED) is 0.0501. The summed E-state index contributed by atoms with van der Waals surface area (Å²) in [7, 11) is 0. The van der Waals surface area contributed by atoms with Crippen molar-refractivity contribution in [3.05, 3.63) is 11.6 Å². The van der Waals surface area contributed by atoms with Crippen LogP contribution in [0.2, 0.25) is 0 Å². The zero-order chi connectivity index (χ0) is 54.7. The molecule has 12 N–H and O–H groups in total. The van der Waals surface area contributed by atoms with E-state index in [-0.39, 0.29) is 40.6 Å². The second kappa shape index (κ2) is 20.9. The number of allylic oxidation sites excluding steroid dienone is 2. The van der Waals surface area contributed by atoms with E-state index in [1.165, 1.54) is 12.5 Å². The van der Waals surface area contributed by atoms with Gasteiger partial charge in [-0.15, -0.1) is 0 Å². The van der Waals surface area contributed by atoms with E-state index in [2.05, 4.69) is 40.7 Å². The standard InChI is InChI=1S/C53H84O22/c1-23-32(57)36(61)40(65)44(70-23)74-42-33(58)26(56)20-68-46(42)73-31-11-12-49(4)29(50(31,5)22-55)10-13-52(7)30(49)9-8-24-25-18-48(2,3)14-16-53(25,17-15-51(24,52)6)47(67)75-45-41(66)38(63)35(60)28(72-45)21-69-43-39(64)37(62)34(59)27(19-54)71-43/h8,22-23,25-46,54,56-66H,9-21H2,1-7H3/t23-,25-,26-,27+,28+,29+,30+,31-,32-,33-,34+,35+,36+,37-,38-,39+,40+,41+,42+,43+,44-,45-,46-,49+,50+,51+,52+,53-/m0/s1. The highest BCUT2D eigenvalue weighted by Gasteiger charge is 2.71. The van der Waals surface area contributed by atoms with E-state index in [1.807, 2.05) is 6.92 Å². The molecular weight excluding hydrogens is 989 g/mol. The van der Waals surface area contributed by atoms with Crippen LogP contribution in [0.15, 0.2) is 11.6 Å². The Morgan fingerprint density at radius 1 is 0.667 bits per heavy atom. The third-order valence-electron chi connectivity index (χ3n) is 20.9. The highest BCUT2D eigenvalue weighted by molar-refractivity contribution is 5.79. The summed E-state index contributed by atoms with van der Waals surface area (Å²) in [5.41, 5.74) is -2.11. The first kappa shape index (κ1) is 57.8. The van der Waals surface area contributed by atoms with Crippen LogP contribution in [0.4, 0.5) is 0 Å². The SMILES string of the molecule is C[C@@H]1O[C@@H](O[C@H]2[C@H](O[C@H]3CC[C@@]4(C)[C@H]5CC=C6[C@@H]7CC(C)(C)CC[C@]7(C(=O)O[C@@H]7O[C@H](CO[C@@H]8O[C@H](CO)[C@@H](O)[C@H](O)[C@H]8O)[C@@H](O)[C@H](O)[C@H]7O)CC[C@@]6(C)[C@]5(C)CC[C@H]4[C@@]3(C)C=O)OC[C@H](O)[C@@H]2O)[C@H](O)[C@H](O)[C@H]1O. The van der Waals surface area contributed by atoms with Gasteiger partial charge in [-0.2, -0.15) is 0 Å². The summed E-state index contributed by atoms with van der Waals surface area (Å²) in [6.45, 7) is 13.2. The molecule has 0 aromatic rings. The van der Waals surface area contributed by atoms with Crippen LogP contribution in [0.5, 0.6) is 0 Å². The van der Waals surface area contributed by atoms with Crippen molar-refractivity contribution in [3.8, 4) is 0 Å². The van der Waals surface area contributed by atoms with Gasteiger partial charge >= 0.3 is 5.97 Å². The van der Waals surface area contributed by atoms with Crippen LogP contribution >= 0.6 is 0 Å². The molecule has 0 spiro atoms. The third kappa shape index (κ3) is 9.41. The van der Waals surface area contributed by atoms with Gasteiger partial charge in [0, 0.05) is 0 Å². The number of fused-ring (bicyclic) bond motifs is 7. The normalized spacial score (nSPS) is 54.8. The number of ether oxygens (including phenoxy) is 8. The molecule has 0 unspecified atom stereocenters. The number of esters is 1. The molecule has 0 radical (unpaired) electrons. The number of aldehydes is 1. The highest BCUT2D eigenvalue weighted by Crippen LogP contribution is 2.76. The Morgan fingerprint density at radius 3 is 1.97 bits per heavy atom. The van der Waals surface area contributed by atoms with Gasteiger partial charge < -0.3 is 104 Å². The molecular formula is C53H84O22. The number of aliphatic hydroxyl groups is 12. The average molecular weight is 1070 g/mol. The van der Waals surface area contributed by atoms with Crippen molar-refractivity contribution in [3.63, 3.8) is 0 Å². The smallest absolute Gasteiger partial charge is 0.315 e. The van der Waals surface area contributed by atoms with Crippen LogP contribution in [0, 0.1) is 50.2 Å². The van der Waals surface area contributed by atoms with Crippen molar-refractivity contribution in [2.45, 2.75) is 235 Å². The largest absolute Gasteiger partial charge is 0.432 e. The van der Waals surface area contributed by atoms with Gasteiger partial charge in [0.1, 0.15) is 91.7 Å². The minimum atomic E-state index is -1.84. The Labute approximate surface area is 437 Å². The van der Waals surface area contributed by atoms with E-state index < -0.39 is 158 Å². The van der Waals surface area contributed by atoms with Crippen molar-refractivity contribution >= 4 is 12.3 Å². The van der Waals surface area contributed by atoms with Crippen molar-refractivity contribution in [1.82, 2.24) is 0 Å². The summed E-state index contributed by atoms with van der Waals surface area (Å²) in [6, 6.07) is 0. The van der Waals surface area contributed by atoms with Crippen LogP contribution in [0.25, 0.3) is 0 Å². The molecule has 0 aromatic carbocycles. The monoisotopic (exact) mass is 1070 g/mol. The van der Waals surface area contributed by atoms with Gasteiger partial charge in [0.15, 0.2) is 18.9 Å². The maximum absolute atomic E-state index is 15.1. The molecule has 8 fully saturated rings. The second-order valence-electron chi connectivity index (χ2n) is 25.5. The van der Waals surface area contributed by atoms with Crippen LogP contribution < -0.4 is 0 Å². The number of hydrogen-bond acceptors (Lipinski definition) is 22. The molecule has 28 atom stereocenters. The van der Waals surface area contributed by atoms with Gasteiger partial charge in [-0.1, -0.05) is 53.2 Å². The predicted molar refractivity (Wildman–Crippen MR) is 256 cm³/mol. The molecule has 22 nitrogen and oxygen atoms in total. The Bertz CT molecular complexity index is 2100. The minimum absolute atomic E-state index is 0.0993. The Morgan fingerprint density at radius 2 is 1.29 bits per heavy atom. The Balaban J connectivity index is 0.932. The molecule has 75 heavy (non-hydrogen) atoms. The molecule has 4 heterocycles. The topological polar surface area (TPSA) is 351 Å². The lowest BCUT2D eigenvalue weighted by molar-refractivity contribution is -0.363. The predicted octanol–water partition coefficient (Wildman–Crippen LogP) is -1.19. The number of hydrogen-bond donors (Lipinski definition) is 12. The summed E-state index contributed by atoms with van der Waals surface area (Å²) in [5.74, 6) is -0.925. The molecule has 4 saturated carbocycles. The highest BCUT2D eigenvalue weighted by atomic mass is 16.8. The lowest BCUT2D eigenvalue weighted by Crippen LogP contribution is -2.67. The van der Waals surface area contributed by atoms with Crippen molar-refractivity contribution in [1.29, 1.82) is 0 Å². The lowest BCUT2D eigenvalue weighted by atomic mass is 9.33. The van der Waals surface area contributed by atoms with E-state index in [9.17, 15) is 66.1 Å². The van der Waals surface area contributed by atoms with Crippen molar-refractivity contribution in [2.24, 2.45) is 50.2 Å². The van der Waals surface area contributed by atoms with Crippen molar-refractivity contribution < 1.29 is 109 Å². The maximum atomic E-state index is 15.1. The van der Waals surface area contributed by atoms with Gasteiger partial charge in [0.2, 0.25) is 6.29 Å². The summed E-state index contributed by atoms with van der Waals surface area (Å²) >= 11 is 0. The van der Waals surface area contributed by atoms with E-state index in [0.717, 1.165) is 12.7 Å². The second-order valence-corrected chi connectivity index (χ2v) is 25.5. The van der Waals surface area contributed by atoms with Crippen molar-refractivity contribution in [2.75, 3.05) is 19.8 Å². The van der Waals surface area contributed by atoms with E-state index in [0.29, 0.717) is 57.8 Å². The minimum Gasteiger partial charge on any atom is -0.432 e. The fraction of sp³-hybridized carbons (Fsp3) is 0.925. The summed E-state index contributed by atoms with van der Waals surface area (Å²) < 4.78 is 47.4. The molecule has 9 aliphatic rings. The summed E-state index contributed by atoms with van der Waals surface area (Å²) in [4.78, 5) is 28.8. The number of aliphatic hydroxyl groups excluding tert-OH is 12. The fourth-order valence-corrected chi connectivity index (χ4v) is 15.9. The molecule has 428 valence electrons. The van der Waals surface area contributed by atoms with Gasteiger partial charge in [-0.3, -0.25) is 4.79 Å². The zero-order valence-corrected chi connectivity index (χ0v) is 44.1. The molecule has 22 heteroatoms.